The highest BCUT2D eigenvalue weighted by atomic mass is 35.5. The van der Waals surface area contributed by atoms with E-state index < -0.39 is 11.8 Å². The van der Waals surface area contributed by atoms with E-state index in [1.165, 1.54) is 18.2 Å². The number of halogens is 3. The summed E-state index contributed by atoms with van der Waals surface area (Å²) < 4.78 is 33.2. The summed E-state index contributed by atoms with van der Waals surface area (Å²) in [6.45, 7) is 0.0188. The number of ether oxygens (including phenoxy) is 2. The highest BCUT2D eigenvalue weighted by Crippen LogP contribution is 2.46. The first-order valence-corrected chi connectivity index (χ1v) is 12.6. The fourth-order valence-electron chi connectivity index (χ4n) is 4.59. The van der Waals surface area contributed by atoms with Crippen LogP contribution in [0.3, 0.4) is 0 Å². The van der Waals surface area contributed by atoms with Crippen LogP contribution in [0.1, 0.15) is 51.6 Å². The summed E-state index contributed by atoms with van der Waals surface area (Å²) in [5.41, 5.74) is 3.01. The van der Waals surface area contributed by atoms with E-state index in [1.54, 1.807) is 30.3 Å². The van der Waals surface area contributed by atoms with E-state index in [0.717, 1.165) is 18.4 Å². The quantitative estimate of drug-likeness (QED) is 0.268. The predicted octanol–water partition coefficient (Wildman–Crippen LogP) is 7.83. The van der Waals surface area contributed by atoms with E-state index in [2.05, 4.69) is 5.16 Å². The number of hydrogen-bond donors (Lipinski definition) is 1. The number of aromatic carboxylic acids is 1. The van der Waals surface area contributed by atoms with E-state index in [0.29, 0.717) is 62.5 Å². The van der Waals surface area contributed by atoms with Gasteiger partial charge in [0.15, 0.2) is 11.6 Å². The van der Waals surface area contributed by atoms with Gasteiger partial charge in [-0.3, -0.25) is 0 Å². The van der Waals surface area contributed by atoms with E-state index in [9.17, 15) is 9.90 Å². The lowest BCUT2D eigenvalue weighted by molar-refractivity contribution is 0.0696. The van der Waals surface area contributed by atoms with Gasteiger partial charge in [0.05, 0.1) is 21.2 Å². The lowest BCUT2D eigenvalue weighted by Crippen LogP contribution is -2.03. The molecule has 1 fully saturated rings. The molecule has 0 saturated heterocycles. The normalized spacial score (nSPS) is 14.4. The minimum Gasteiger partial charge on any atom is -0.486 e. The number of hydrogen-bond acceptors (Lipinski definition) is 5. The van der Waals surface area contributed by atoms with Gasteiger partial charge in [0.1, 0.15) is 29.6 Å². The van der Waals surface area contributed by atoms with Gasteiger partial charge < -0.3 is 19.1 Å². The van der Waals surface area contributed by atoms with Crippen molar-refractivity contribution in [2.45, 2.75) is 38.2 Å². The molecule has 0 atom stereocenters. The molecule has 2 heterocycles. The first-order valence-electron chi connectivity index (χ1n) is 11.8. The van der Waals surface area contributed by atoms with Crippen LogP contribution in [0.4, 0.5) is 4.39 Å². The first-order chi connectivity index (χ1) is 17.9. The van der Waals surface area contributed by atoms with Crippen LogP contribution in [0.5, 0.6) is 17.2 Å². The molecule has 1 aromatic heterocycles. The zero-order chi connectivity index (χ0) is 25.7. The number of aromatic nitrogens is 1. The number of fused-ring (bicyclic) bond motifs is 2. The van der Waals surface area contributed by atoms with Gasteiger partial charge in [-0.25, -0.2) is 9.18 Å². The number of aryl methyl sites for hydroxylation is 1. The van der Waals surface area contributed by atoms with Crippen molar-refractivity contribution in [2.75, 3.05) is 0 Å². The molecule has 3 aromatic carbocycles. The maximum absolute atomic E-state index is 15.6. The van der Waals surface area contributed by atoms with Crippen LogP contribution >= 0.6 is 23.2 Å². The molecule has 4 aromatic rings. The molecule has 6 rings (SSSR count). The third kappa shape index (κ3) is 4.43. The predicted molar refractivity (Wildman–Crippen MR) is 136 cm³/mol. The van der Waals surface area contributed by atoms with Gasteiger partial charge in [-0.1, -0.05) is 40.5 Å². The van der Waals surface area contributed by atoms with E-state index in [-0.39, 0.29) is 23.8 Å². The van der Waals surface area contributed by atoms with Crippen molar-refractivity contribution in [1.29, 1.82) is 0 Å². The van der Waals surface area contributed by atoms with Gasteiger partial charge in [0.2, 0.25) is 0 Å². The average Bonchev–Trinajstić information content (AvgIpc) is 3.66. The number of carbonyl (C=O) groups is 1. The Bertz CT molecular complexity index is 1530. The van der Waals surface area contributed by atoms with Gasteiger partial charge in [-0.15, -0.1) is 0 Å². The summed E-state index contributed by atoms with van der Waals surface area (Å²) in [4.78, 5) is 11.4. The zero-order valence-corrected chi connectivity index (χ0v) is 20.9. The molecule has 0 unspecified atom stereocenters. The Morgan fingerprint density at radius 3 is 2.59 bits per heavy atom. The van der Waals surface area contributed by atoms with Crippen LogP contribution in [0.2, 0.25) is 10.0 Å². The maximum Gasteiger partial charge on any atom is 0.335 e. The fourth-order valence-corrected chi connectivity index (χ4v) is 5.16. The Morgan fingerprint density at radius 2 is 1.86 bits per heavy atom. The van der Waals surface area contributed by atoms with Crippen molar-refractivity contribution in [1.82, 2.24) is 5.16 Å². The van der Waals surface area contributed by atoms with Crippen molar-refractivity contribution in [3.63, 3.8) is 0 Å². The smallest absolute Gasteiger partial charge is 0.335 e. The number of benzene rings is 3. The number of nitrogens with zero attached hydrogens (tertiary/aromatic N) is 1. The van der Waals surface area contributed by atoms with Gasteiger partial charge in [0, 0.05) is 17.0 Å². The minimum absolute atomic E-state index is 0.0188. The molecule has 1 N–H and O–H groups in total. The van der Waals surface area contributed by atoms with Crippen molar-refractivity contribution in [3.8, 4) is 28.5 Å². The molecule has 0 radical (unpaired) electrons. The van der Waals surface area contributed by atoms with Crippen LogP contribution in [-0.4, -0.2) is 16.2 Å². The molecule has 6 nitrogen and oxygen atoms in total. The van der Waals surface area contributed by atoms with Crippen LogP contribution < -0.4 is 9.47 Å². The molecule has 37 heavy (non-hydrogen) atoms. The Labute approximate surface area is 221 Å². The molecule has 9 heteroatoms. The molecule has 2 aliphatic rings. The SMILES string of the molecule is O=C(O)c1ccc2c(c1)Oc1ccc(OCc3c(-c4c(Cl)cccc4Cl)noc3C3CC3)c(F)c1CC2. The Morgan fingerprint density at radius 1 is 1.08 bits per heavy atom. The summed E-state index contributed by atoms with van der Waals surface area (Å²) in [5.74, 6) is 0.173. The third-order valence-corrected chi connectivity index (χ3v) is 7.31. The molecule has 1 aliphatic carbocycles. The molecular weight excluding hydrogens is 520 g/mol. The molecule has 1 saturated carbocycles. The van der Waals surface area contributed by atoms with Crippen molar-refractivity contribution >= 4 is 29.2 Å². The molecular formula is C28H20Cl2FNO5. The first kappa shape index (κ1) is 23.8. The monoisotopic (exact) mass is 539 g/mol. The summed E-state index contributed by atoms with van der Waals surface area (Å²) in [7, 11) is 0. The highest BCUT2D eigenvalue weighted by molar-refractivity contribution is 6.39. The van der Waals surface area contributed by atoms with E-state index in [1.807, 2.05) is 0 Å². The van der Waals surface area contributed by atoms with Gasteiger partial charge in [-0.2, -0.15) is 0 Å². The summed E-state index contributed by atoms with van der Waals surface area (Å²) >= 11 is 12.9. The molecule has 0 spiro atoms. The van der Waals surface area contributed by atoms with Crippen LogP contribution in [0.15, 0.2) is 53.1 Å². The zero-order valence-electron chi connectivity index (χ0n) is 19.4. The van der Waals surface area contributed by atoms with Crippen molar-refractivity contribution in [2.24, 2.45) is 0 Å². The van der Waals surface area contributed by atoms with Crippen LogP contribution in [-0.2, 0) is 19.4 Å². The molecule has 188 valence electrons. The van der Waals surface area contributed by atoms with Crippen LogP contribution in [0, 0.1) is 5.82 Å². The van der Waals surface area contributed by atoms with Gasteiger partial charge >= 0.3 is 5.97 Å². The second-order valence-corrected chi connectivity index (χ2v) is 9.93. The van der Waals surface area contributed by atoms with Crippen molar-refractivity contribution in [3.05, 3.63) is 92.4 Å². The summed E-state index contributed by atoms with van der Waals surface area (Å²) in [5, 5.41) is 14.4. The number of carboxylic acids is 1. The van der Waals surface area contributed by atoms with Crippen LogP contribution in [0.25, 0.3) is 11.3 Å². The maximum atomic E-state index is 15.6. The number of carboxylic acid groups (broad SMARTS) is 1. The second-order valence-electron chi connectivity index (χ2n) is 9.12. The Kier molecular flexibility index (Phi) is 6.05. The largest absolute Gasteiger partial charge is 0.486 e. The Balaban J connectivity index is 1.30. The summed E-state index contributed by atoms with van der Waals surface area (Å²) in [6, 6.07) is 13.0. The van der Waals surface area contributed by atoms with E-state index in [4.69, 9.17) is 37.2 Å². The molecule has 0 amide bonds. The standard InChI is InChI=1S/C28H20Cl2FNO5/c29-19-2-1-3-20(30)24(19)26-18(27(37-32-26)15-5-6-15)13-35-22-11-10-21-17(25(22)31)9-8-14-4-7-16(28(33)34)12-23(14)36-21/h1-4,7,10-12,15H,5-6,8-9,13H2,(H,33,34). The van der Waals surface area contributed by atoms with Gasteiger partial charge in [0.25, 0.3) is 0 Å². The second kappa shape index (κ2) is 9.39. The minimum atomic E-state index is -1.05. The Hall–Kier alpha value is -3.55. The van der Waals surface area contributed by atoms with Crippen molar-refractivity contribution < 1.29 is 28.3 Å². The number of rotatable bonds is 6. The lowest BCUT2D eigenvalue weighted by Gasteiger charge is -2.14. The topological polar surface area (TPSA) is 81.8 Å². The molecule has 0 bridgehead atoms. The lowest BCUT2D eigenvalue weighted by atomic mass is 10.0. The molecule has 1 aliphatic heterocycles. The average molecular weight is 540 g/mol. The summed E-state index contributed by atoms with van der Waals surface area (Å²) in [6.07, 6.45) is 2.83. The fraction of sp³-hybridized carbons (Fsp3) is 0.214. The third-order valence-electron chi connectivity index (χ3n) is 6.68. The highest BCUT2D eigenvalue weighted by Gasteiger charge is 2.34. The van der Waals surface area contributed by atoms with E-state index >= 15 is 4.39 Å². The van der Waals surface area contributed by atoms with Gasteiger partial charge in [-0.05, 0) is 67.6 Å².